The van der Waals surface area contributed by atoms with Crippen LogP contribution in [0.1, 0.15) is 11.3 Å². The fourth-order valence-corrected chi connectivity index (χ4v) is 2.73. The van der Waals surface area contributed by atoms with E-state index in [0.29, 0.717) is 22.6 Å². The molecule has 0 radical (unpaired) electrons. The van der Waals surface area contributed by atoms with E-state index < -0.39 is 11.6 Å². The molecule has 0 aliphatic carbocycles. The van der Waals surface area contributed by atoms with Gasteiger partial charge in [0.1, 0.15) is 17.4 Å². The largest absolute Gasteiger partial charge is 0.437 e. The van der Waals surface area contributed by atoms with Gasteiger partial charge in [-0.05, 0) is 37.3 Å². The summed E-state index contributed by atoms with van der Waals surface area (Å²) in [4.78, 5) is 0. The number of hydrogen-bond donors (Lipinski definition) is 0. The van der Waals surface area contributed by atoms with Crippen LogP contribution in [0.25, 0.3) is 11.1 Å². The number of rotatable bonds is 3. The first kappa shape index (κ1) is 16.9. The molecule has 0 spiro atoms. The fourth-order valence-electron chi connectivity index (χ4n) is 2.51. The van der Waals surface area contributed by atoms with Crippen molar-refractivity contribution in [3.63, 3.8) is 0 Å². The van der Waals surface area contributed by atoms with E-state index in [9.17, 15) is 8.78 Å². The van der Waals surface area contributed by atoms with Crippen LogP contribution in [0, 0.1) is 29.9 Å². The summed E-state index contributed by atoms with van der Waals surface area (Å²) in [6.07, 6.45) is 0. The fraction of sp³-hybridized carbons (Fsp3) is 0.111. The van der Waals surface area contributed by atoms with E-state index in [1.54, 1.807) is 26.1 Å². The molecule has 1 aromatic heterocycles. The molecule has 0 fully saturated rings. The zero-order valence-electron chi connectivity index (χ0n) is 13.3. The summed E-state index contributed by atoms with van der Waals surface area (Å²) in [5.74, 6) is -0.825. The minimum absolute atomic E-state index is 0.173. The molecular formula is C18H12ClF2N3O. The number of aromatic nitrogens is 2. The maximum absolute atomic E-state index is 14.2. The average Bonchev–Trinajstić information content (AvgIpc) is 2.83. The van der Waals surface area contributed by atoms with Gasteiger partial charge in [0.25, 0.3) is 0 Å². The highest BCUT2D eigenvalue weighted by Gasteiger charge is 2.21. The van der Waals surface area contributed by atoms with Crippen LogP contribution in [-0.2, 0) is 7.05 Å². The van der Waals surface area contributed by atoms with Gasteiger partial charge in [-0.25, -0.2) is 13.5 Å². The summed E-state index contributed by atoms with van der Waals surface area (Å²) in [6.45, 7) is 1.70. The quantitative estimate of drug-likeness (QED) is 0.661. The van der Waals surface area contributed by atoms with Crippen LogP contribution in [-0.4, -0.2) is 9.78 Å². The molecule has 0 saturated heterocycles. The number of nitrogens with zero attached hydrogens (tertiary/aromatic N) is 3. The van der Waals surface area contributed by atoms with Crippen molar-refractivity contribution in [2.24, 2.45) is 7.05 Å². The maximum atomic E-state index is 14.2. The topological polar surface area (TPSA) is 50.8 Å². The molecule has 0 saturated carbocycles. The van der Waals surface area contributed by atoms with Crippen LogP contribution in [0.2, 0.25) is 5.02 Å². The van der Waals surface area contributed by atoms with Crippen molar-refractivity contribution in [2.45, 2.75) is 6.92 Å². The summed E-state index contributed by atoms with van der Waals surface area (Å²) in [5.41, 5.74) is 1.49. The van der Waals surface area contributed by atoms with Crippen molar-refractivity contribution in [3.05, 3.63) is 64.3 Å². The molecule has 0 atom stereocenters. The van der Waals surface area contributed by atoms with Crippen molar-refractivity contribution >= 4 is 11.6 Å². The number of ether oxygens (including phenoxy) is 1. The number of aryl methyl sites for hydroxylation is 2. The highest BCUT2D eigenvalue weighted by Crippen LogP contribution is 2.39. The number of halogens is 3. The zero-order chi connectivity index (χ0) is 18.1. The standard InChI is InChI=1S/C18H12ClF2N3O/c1-10-17(13-5-4-12(20)8-15(13)21)18(24(2)23-10)25-16-6-3-11(9-22)7-14(16)19/h3-8H,1-2H3. The molecule has 0 bridgehead atoms. The Hall–Kier alpha value is -2.91. The maximum Gasteiger partial charge on any atom is 0.225 e. The first-order valence-corrected chi connectivity index (χ1v) is 7.65. The monoisotopic (exact) mass is 359 g/mol. The Labute approximate surface area is 147 Å². The van der Waals surface area contributed by atoms with Gasteiger partial charge in [0, 0.05) is 18.7 Å². The van der Waals surface area contributed by atoms with Gasteiger partial charge in [-0.3, -0.25) is 0 Å². The second-order valence-corrected chi connectivity index (χ2v) is 5.78. The first-order chi connectivity index (χ1) is 11.9. The van der Waals surface area contributed by atoms with E-state index in [-0.39, 0.29) is 16.5 Å². The van der Waals surface area contributed by atoms with E-state index in [2.05, 4.69) is 5.10 Å². The molecule has 0 N–H and O–H groups in total. The molecule has 25 heavy (non-hydrogen) atoms. The van der Waals surface area contributed by atoms with Crippen LogP contribution >= 0.6 is 11.6 Å². The predicted molar refractivity (Wildman–Crippen MR) is 89.5 cm³/mol. The Morgan fingerprint density at radius 3 is 2.60 bits per heavy atom. The molecule has 0 aliphatic rings. The molecule has 3 aromatic rings. The Morgan fingerprint density at radius 2 is 1.96 bits per heavy atom. The Bertz CT molecular complexity index is 1010. The molecule has 2 aromatic carbocycles. The average molecular weight is 360 g/mol. The molecule has 126 valence electrons. The third-order valence-electron chi connectivity index (χ3n) is 3.64. The van der Waals surface area contributed by atoms with E-state index in [0.717, 1.165) is 6.07 Å². The van der Waals surface area contributed by atoms with Gasteiger partial charge < -0.3 is 4.74 Å². The van der Waals surface area contributed by atoms with Crippen LogP contribution < -0.4 is 4.74 Å². The number of hydrogen-bond acceptors (Lipinski definition) is 3. The normalized spacial score (nSPS) is 10.6. The van der Waals surface area contributed by atoms with Gasteiger partial charge in [-0.1, -0.05) is 11.6 Å². The summed E-state index contributed by atoms with van der Waals surface area (Å²) in [7, 11) is 1.64. The lowest BCUT2D eigenvalue weighted by molar-refractivity contribution is 0.432. The molecule has 3 rings (SSSR count). The third-order valence-corrected chi connectivity index (χ3v) is 3.93. The molecule has 0 amide bonds. The lowest BCUT2D eigenvalue weighted by Gasteiger charge is -2.11. The molecule has 0 unspecified atom stereocenters. The van der Waals surface area contributed by atoms with Crippen LogP contribution in [0.15, 0.2) is 36.4 Å². The Morgan fingerprint density at radius 1 is 1.20 bits per heavy atom. The minimum atomic E-state index is -0.716. The second-order valence-electron chi connectivity index (χ2n) is 5.37. The lowest BCUT2D eigenvalue weighted by atomic mass is 10.1. The van der Waals surface area contributed by atoms with E-state index in [1.807, 2.05) is 6.07 Å². The van der Waals surface area contributed by atoms with Gasteiger partial charge in [-0.15, -0.1) is 0 Å². The molecule has 7 heteroatoms. The van der Waals surface area contributed by atoms with Gasteiger partial charge in [0.2, 0.25) is 5.88 Å². The zero-order valence-corrected chi connectivity index (χ0v) is 14.1. The predicted octanol–water partition coefficient (Wildman–Crippen LogP) is 4.99. The van der Waals surface area contributed by atoms with Crippen molar-refractivity contribution in [1.29, 1.82) is 5.26 Å². The summed E-state index contributed by atoms with van der Waals surface area (Å²) >= 11 is 6.14. The van der Waals surface area contributed by atoms with Crippen molar-refractivity contribution in [3.8, 4) is 28.8 Å². The van der Waals surface area contributed by atoms with E-state index in [1.165, 1.54) is 22.9 Å². The summed E-state index contributed by atoms with van der Waals surface area (Å²) in [5, 5.41) is 13.4. The van der Waals surface area contributed by atoms with Crippen LogP contribution in [0.5, 0.6) is 11.6 Å². The first-order valence-electron chi connectivity index (χ1n) is 7.27. The summed E-state index contributed by atoms with van der Waals surface area (Å²) in [6, 6.07) is 9.87. The minimum Gasteiger partial charge on any atom is -0.437 e. The lowest BCUT2D eigenvalue weighted by Crippen LogP contribution is -1.97. The number of benzene rings is 2. The van der Waals surface area contributed by atoms with Gasteiger partial charge in [0.05, 0.1) is 27.9 Å². The molecule has 0 aliphatic heterocycles. The van der Waals surface area contributed by atoms with Gasteiger partial charge in [0.15, 0.2) is 0 Å². The highest BCUT2D eigenvalue weighted by atomic mass is 35.5. The smallest absolute Gasteiger partial charge is 0.225 e. The van der Waals surface area contributed by atoms with E-state index >= 15 is 0 Å². The number of nitriles is 1. The van der Waals surface area contributed by atoms with Crippen molar-refractivity contribution < 1.29 is 13.5 Å². The van der Waals surface area contributed by atoms with Crippen molar-refractivity contribution in [2.75, 3.05) is 0 Å². The SMILES string of the molecule is Cc1nn(C)c(Oc2ccc(C#N)cc2Cl)c1-c1ccc(F)cc1F. The van der Waals surface area contributed by atoms with Crippen LogP contribution in [0.3, 0.4) is 0 Å². The Kier molecular flexibility index (Phi) is 4.43. The molecule has 1 heterocycles. The highest BCUT2D eigenvalue weighted by molar-refractivity contribution is 6.32. The second kappa shape index (κ2) is 6.54. The molecule has 4 nitrogen and oxygen atoms in total. The van der Waals surface area contributed by atoms with Crippen molar-refractivity contribution in [1.82, 2.24) is 9.78 Å². The Balaban J connectivity index is 2.10. The third kappa shape index (κ3) is 3.19. The van der Waals surface area contributed by atoms with Gasteiger partial charge in [-0.2, -0.15) is 10.4 Å². The van der Waals surface area contributed by atoms with Gasteiger partial charge >= 0.3 is 0 Å². The summed E-state index contributed by atoms with van der Waals surface area (Å²) < 4.78 is 34.7. The van der Waals surface area contributed by atoms with E-state index in [4.69, 9.17) is 21.6 Å². The molecular weight excluding hydrogens is 348 g/mol. The van der Waals surface area contributed by atoms with Crippen LogP contribution in [0.4, 0.5) is 8.78 Å².